The monoisotopic (exact) mass is 255 g/mol. The molecular formula is C12H13N7. The molecule has 0 radical (unpaired) electrons. The van der Waals surface area contributed by atoms with Crippen molar-refractivity contribution in [2.45, 2.75) is 6.54 Å². The molecule has 0 aliphatic carbocycles. The summed E-state index contributed by atoms with van der Waals surface area (Å²) < 4.78 is 1.66. The van der Waals surface area contributed by atoms with E-state index in [0.29, 0.717) is 18.1 Å². The van der Waals surface area contributed by atoms with Gasteiger partial charge in [-0.3, -0.25) is 4.68 Å². The van der Waals surface area contributed by atoms with E-state index in [2.05, 4.69) is 25.4 Å². The Morgan fingerprint density at radius 1 is 1.26 bits per heavy atom. The highest BCUT2D eigenvalue weighted by atomic mass is 15.3. The van der Waals surface area contributed by atoms with Gasteiger partial charge >= 0.3 is 0 Å². The smallest absolute Gasteiger partial charge is 0.169 e. The van der Waals surface area contributed by atoms with Gasteiger partial charge in [0.1, 0.15) is 18.5 Å². The molecule has 3 rings (SSSR count). The summed E-state index contributed by atoms with van der Waals surface area (Å²) in [5.74, 6) is 1.46. The quantitative estimate of drug-likeness (QED) is 0.677. The van der Waals surface area contributed by atoms with Gasteiger partial charge in [-0.05, 0) is 18.2 Å². The number of anilines is 2. The van der Waals surface area contributed by atoms with E-state index in [1.807, 2.05) is 25.2 Å². The summed E-state index contributed by atoms with van der Waals surface area (Å²) in [5.41, 5.74) is 7.23. The zero-order valence-electron chi connectivity index (χ0n) is 10.4. The van der Waals surface area contributed by atoms with Crippen molar-refractivity contribution in [3.8, 4) is 0 Å². The van der Waals surface area contributed by atoms with Gasteiger partial charge in [0.05, 0.1) is 12.1 Å². The van der Waals surface area contributed by atoms with Crippen molar-refractivity contribution in [1.29, 1.82) is 0 Å². The van der Waals surface area contributed by atoms with Crippen LogP contribution in [0.1, 0.15) is 5.82 Å². The lowest BCUT2D eigenvalue weighted by molar-refractivity contribution is 0.747. The van der Waals surface area contributed by atoms with E-state index in [4.69, 9.17) is 5.73 Å². The predicted molar refractivity (Wildman–Crippen MR) is 72.3 cm³/mol. The number of nitrogens with one attached hydrogen (secondary N) is 1. The molecule has 2 aromatic heterocycles. The number of hydrogen-bond donors (Lipinski definition) is 2. The van der Waals surface area contributed by atoms with Crippen LogP contribution in [0, 0.1) is 0 Å². The van der Waals surface area contributed by atoms with Crippen LogP contribution in [-0.4, -0.2) is 24.7 Å². The van der Waals surface area contributed by atoms with Gasteiger partial charge in [-0.25, -0.2) is 15.0 Å². The number of aryl methyl sites for hydroxylation is 1. The molecule has 0 bridgehead atoms. The fourth-order valence-electron chi connectivity index (χ4n) is 1.84. The Morgan fingerprint density at radius 3 is 2.95 bits per heavy atom. The zero-order valence-corrected chi connectivity index (χ0v) is 10.4. The Labute approximate surface area is 109 Å². The van der Waals surface area contributed by atoms with E-state index in [9.17, 15) is 0 Å². The van der Waals surface area contributed by atoms with Gasteiger partial charge in [-0.2, -0.15) is 5.10 Å². The second kappa shape index (κ2) is 4.52. The van der Waals surface area contributed by atoms with Crippen LogP contribution in [0.5, 0.6) is 0 Å². The Morgan fingerprint density at radius 2 is 2.16 bits per heavy atom. The van der Waals surface area contributed by atoms with E-state index in [1.54, 1.807) is 11.0 Å². The van der Waals surface area contributed by atoms with E-state index in [1.165, 1.54) is 6.33 Å². The number of hydrogen-bond acceptors (Lipinski definition) is 6. The molecule has 0 fully saturated rings. The van der Waals surface area contributed by atoms with Gasteiger partial charge in [-0.1, -0.05) is 0 Å². The number of aromatic nitrogens is 5. The topological polar surface area (TPSA) is 94.5 Å². The highest BCUT2D eigenvalue weighted by molar-refractivity contribution is 5.90. The first kappa shape index (κ1) is 11.4. The van der Waals surface area contributed by atoms with Crippen molar-refractivity contribution in [3.05, 3.63) is 36.7 Å². The van der Waals surface area contributed by atoms with Crippen molar-refractivity contribution >= 4 is 22.4 Å². The first-order chi connectivity index (χ1) is 9.22. The molecule has 19 heavy (non-hydrogen) atoms. The maximum Gasteiger partial charge on any atom is 0.169 e. The van der Waals surface area contributed by atoms with Crippen LogP contribution in [0.2, 0.25) is 0 Å². The minimum atomic E-state index is 0.511. The van der Waals surface area contributed by atoms with Gasteiger partial charge in [0.25, 0.3) is 0 Å². The number of benzene rings is 1. The summed E-state index contributed by atoms with van der Waals surface area (Å²) in [6, 6.07) is 5.55. The molecule has 0 saturated carbocycles. The van der Waals surface area contributed by atoms with E-state index < -0.39 is 0 Å². The fourth-order valence-corrected chi connectivity index (χ4v) is 1.84. The van der Waals surface area contributed by atoms with Crippen LogP contribution >= 0.6 is 0 Å². The van der Waals surface area contributed by atoms with E-state index >= 15 is 0 Å². The van der Waals surface area contributed by atoms with Crippen LogP contribution in [0.4, 0.5) is 11.5 Å². The van der Waals surface area contributed by atoms with E-state index in [-0.39, 0.29) is 0 Å². The lowest BCUT2D eigenvalue weighted by Crippen LogP contribution is -2.04. The van der Waals surface area contributed by atoms with Crippen molar-refractivity contribution < 1.29 is 0 Å². The zero-order chi connectivity index (χ0) is 13.2. The second-order valence-corrected chi connectivity index (χ2v) is 4.19. The lowest BCUT2D eigenvalue weighted by Gasteiger charge is -2.06. The summed E-state index contributed by atoms with van der Waals surface area (Å²) >= 11 is 0. The van der Waals surface area contributed by atoms with Gasteiger partial charge < -0.3 is 11.1 Å². The van der Waals surface area contributed by atoms with Crippen LogP contribution in [0.25, 0.3) is 10.9 Å². The van der Waals surface area contributed by atoms with Crippen LogP contribution in [0.15, 0.2) is 30.9 Å². The van der Waals surface area contributed by atoms with E-state index in [0.717, 1.165) is 16.7 Å². The number of fused-ring (bicyclic) bond motifs is 1. The molecule has 1 aromatic carbocycles. The van der Waals surface area contributed by atoms with Gasteiger partial charge in [0, 0.05) is 18.1 Å². The molecule has 0 saturated heterocycles. The number of nitrogens with two attached hydrogens (primary N) is 1. The van der Waals surface area contributed by atoms with Gasteiger partial charge in [-0.15, -0.1) is 0 Å². The molecule has 0 spiro atoms. The van der Waals surface area contributed by atoms with Crippen LogP contribution in [-0.2, 0) is 13.6 Å². The molecule has 0 amide bonds. The van der Waals surface area contributed by atoms with Crippen molar-refractivity contribution in [2.75, 3.05) is 11.1 Å². The number of nitrogen functional groups attached to an aromatic ring is 1. The molecule has 3 N–H and O–H groups in total. The molecule has 3 aromatic rings. The Balaban J connectivity index is 1.88. The molecule has 0 aliphatic heterocycles. The molecule has 0 unspecified atom stereocenters. The molecular weight excluding hydrogens is 242 g/mol. The Kier molecular flexibility index (Phi) is 2.71. The summed E-state index contributed by atoms with van der Waals surface area (Å²) in [6.45, 7) is 0.511. The van der Waals surface area contributed by atoms with Crippen molar-refractivity contribution in [2.24, 2.45) is 7.05 Å². The SMILES string of the molecule is Cn1cnc(CNc2ncnc3cc(N)ccc23)n1. The minimum Gasteiger partial charge on any atom is -0.399 e. The maximum absolute atomic E-state index is 5.74. The molecule has 96 valence electrons. The summed E-state index contributed by atoms with van der Waals surface area (Å²) in [4.78, 5) is 12.6. The third-order valence-corrected chi connectivity index (χ3v) is 2.72. The second-order valence-electron chi connectivity index (χ2n) is 4.19. The summed E-state index contributed by atoms with van der Waals surface area (Å²) in [5, 5.41) is 8.33. The molecule has 7 heteroatoms. The first-order valence-electron chi connectivity index (χ1n) is 5.81. The largest absolute Gasteiger partial charge is 0.399 e. The third-order valence-electron chi connectivity index (χ3n) is 2.72. The maximum atomic E-state index is 5.74. The Bertz CT molecular complexity index is 719. The Hall–Kier alpha value is -2.70. The lowest BCUT2D eigenvalue weighted by atomic mass is 10.2. The highest BCUT2D eigenvalue weighted by Crippen LogP contribution is 2.21. The highest BCUT2D eigenvalue weighted by Gasteiger charge is 2.05. The number of rotatable bonds is 3. The van der Waals surface area contributed by atoms with Crippen molar-refractivity contribution in [3.63, 3.8) is 0 Å². The summed E-state index contributed by atoms with van der Waals surface area (Å²) in [6.07, 6.45) is 3.17. The van der Waals surface area contributed by atoms with Crippen LogP contribution in [0.3, 0.4) is 0 Å². The fraction of sp³-hybridized carbons (Fsp3) is 0.167. The van der Waals surface area contributed by atoms with Gasteiger partial charge in [0.2, 0.25) is 0 Å². The average molecular weight is 255 g/mol. The molecule has 0 aliphatic rings. The first-order valence-corrected chi connectivity index (χ1v) is 5.81. The normalized spacial score (nSPS) is 10.8. The van der Waals surface area contributed by atoms with Gasteiger partial charge in [0.15, 0.2) is 5.82 Å². The molecule has 0 atom stereocenters. The number of nitrogens with zero attached hydrogens (tertiary/aromatic N) is 5. The minimum absolute atomic E-state index is 0.511. The summed E-state index contributed by atoms with van der Waals surface area (Å²) in [7, 11) is 1.83. The molecule has 2 heterocycles. The van der Waals surface area contributed by atoms with Crippen LogP contribution < -0.4 is 11.1 Å². The predicted octanol–water partition coefficient (Wildman–Crippen LogP) is 0.953. The third kappa shape index (κ3) is 2.30. The average Bonchev–Trinajstić information content (AvgIpc) is 2.81. The molecule has 7 nitrogen and oxygen atoms in total. The van der Waals surface area contributed by atoms with Crippen molar-refractivity contribution in [1.82, 2.24) is 24.7 Å². The standard InChI is InChI=1S/C12H13N7/c1-19-7-17-11(18-19)5-14-12-9-3-2-8(13)4-10(9)15-6-16-12/h2-4,6-7H,5,13H2,1H3,(H,14,15,16).